The van der Waals surface area contributed by atoms with E-state index >= 15 is 0 Å². The van der Waals surface area contributed by atoms with Crippen molar-refractivity contribution in [2.75, 3.05) is 31.7 Å². The molecule has 1 atom stereocenters. The summed E-state index contributed by atoms with van der Waals surface area (Å²) in [5.41, 5.74) is 1.23. The second-order valence-corrected chi connectivity index (χ2v) is 5.39. The summed E-state index contributed by atoms with van der Waals surface area (Å²) >= 11 is 0. The highest BCUT2D eigenvalue weighted by Crippen LogP contribution is 2.20. The van der Waals surface area contributed by atoms with Crippen LogP contribution in [-0.4, -0.2) is 37.8 Å². The van der Waals surface area contributed by atoms with E-state index in [1.54, 1.807) is 7.11 Å². The molecular formula is C17H31N3O. The van der Waals surface area contributed by atoms with E-state index in [2.05, 4.69) is 55.0 Å². The zero-order chi connectivity index (χ0) is 15.7. The molecule has 1 N–H and O–H groups in total. The van der Waals surface area contributed by atoms with Gasteiger partial charge < -0.3 is 15.0 Å². The number of hydrogen-bond donors (Lipinski definition) is 1. The van der Waals surface area contributed by atoms with Gasteiger partial charge in [-0.25, -0.2) is 4.98 Å². The topological polar surface area (TPSA) is 37.4 Å². The lowest BCUT2D eigenvalue weighted by Gasteiger charge is -2.31. The van der Waals surface area contributed by atoms with E-state index in [0.29, 0.717) is 12.1 Å². The molecule has 4 nitrogen and oxygen atoms in total. The molecular weight excluding hydrogens is 262 g/mol. The highest BCUT2D eigenvalue weighted by molar-refractivity contribution is 5.41. The zero-order valence-corrected chi connectivity index (χ0v) is 14.2. The lowest BCUT2D eigenvalue weighted by Crippen LogP contribution is -2.37. The SMILES string of the molecule is CCNC(C)c1ccc(N(CCOC)C(CC)CC)nc1. The van der Waals surface area contributed by atoms with E-state index in [-0.39, 0.29) is 0 Å². The summed E-state index contributed by atoms with van der Waals surface area (Å²) in [6.45, 7) is 11.3. The molecule has 0 saturated heterocycles. The Bertz CT molecular complexity index is 376. The molecule has 0 fully saturated rings. The Kier molecular flexibility index (Phi) is 8.31. The van der Waals surface area contributed by atoms with Crippen LogP contribution in [-0.2, 0) is 4.74 Å². The standard InChI is InChI=1S/C17H31N3O/c1-6-16(7-2)20(11-12-21-5)17-10-9-15(13-19-17)14(4)18-8-3/h9-10,13-14,16,18H,6-8,11-12H2,1-5H3. The molecule has 0 radical (unpaired) electrons. The monoisotopic (exact) mass is 293 g/mol. The Morgan fingerprint density at radius 1 is 1.24 bits per heavy atom. The summed E-state index contributed by atoms with van der Waals surface area (Å²) in [6.07, 6.45) is 4.24. The van der Waals surface area contributed by atoms with Crippen LogP contribution in [0.5, 0.6) is 0 Å². The van der Waals surface area contributed by atoms with E-state index in [0.717, 1.165) is 38.4 Å². The largest absolute Gasteiger partial charge is 0.383 e. The van der Waals surface area contributed by atoms with Gasteiger partial charge >= 0.3 is 0 Å². The number of rotatable bonds is 10. The van der Waals surface area contributed by atoms with Crippen molar-refractivity contribution >= 4 is 5.82 Å². The smallest absolute Gasteiger partial charge is 0.128 e. The van der Waals surface area contributed by atoms with Gasteiger partial charge in [0.05, 0.1) is 6.61 Å². The molecule has 1 heterocycles. The van der Waals surface area contributed by atoms with E-state index in [4.69, 9.17) is 4.74 Å². The number of nitrogens with zero attached hydrogens (tertiary/aromatic N) is 2. The number of methoxy groups -OCH3 is 1. The molecule has 1 rings (SSSR count). The van der Waals surface area contributed by atoms with Gasteiger partial charge in [-0.3, -0.25) is 0 Å². The zero-order valence-electron chi connectivity index (χ0n) is 14.2. The molecule has 0 aliphatic rings. The maximum Gasteiger partial charge on any atom is 0.128 e. The van der Waals surface area contributed by atoms with Crippen LogP contribution in [0.2, 0.25) is 0 Å². The molecule has 120 valence electrons. The van der Waals surface area contributed by atoms with Gasteiger partial charge in [0.1, 0.15) is 5.82 Å². The fourth-order valence-corrected chi connectivity index (χ4v) is 2.65. The molecule has 0 aliphatic heterocycles. The summed E-state index contributed by atoms with van der Waals surface area (Å²) in [5, 5.41) is 3.42. The van der Waals surface area contributed by atoms with Crippen LogP contribution in [0.4, 0.5) is 5.82 Å². The van der Waals surface area contributed by atoms with Crippen LogP contribution in [0.1, 0.15) is 52.1 Å². The van der Waals surface area contributed by atoms with Crippen LogP contribution >= 0.6 is 0 Å². The number of ether oxygens (including phenoxy) is 1. The maximum atomic E-state index is 5.25. The third-order valence-corrected chi connectivity index (χ3v) is 3.99. The third kappa shape index (κ3) is 5.29. The first kappa shape index (κ1) is 17.9. The second kappa shape index (κ2) is 9.74. The van der Waals surface area contributed by atoms with Crippen molar-refractivity contribution in [3.63, 3.8) is 0 Å². The highest BCUT2D eigenvalue weighted by atomic mass is 16.5. The summed E-state index contributed by atoms with van der Waals surface area (Å²) in [5.74, 6) is 1.05. The first-order valence-electron chi connectivity index (χ1n) is 8.12. The lowest BCUT2D eigenvalue weighted by atomic mass is 10.1. The van der Waals surface area contributed by atoms with Gasteiger partial charge in [0, 0.05) is 31.9 Å². The van der Waals surface area contributed by atoms with Gasteiger partial charge in [0.25, 0.3) is 0 Å². The van der Waals surface area contributed by atoms with Crippen LogP contribution in [0.25, 0.3) is 0 Å². The van der Waals surface area contributed by atoms with Crippen molar-refractivity contribution < 1.29 is 4.74 Å². The van der Waals surface area contributed by atoms with Crippen molar-refractivity contribution in [1.29, 1.82) is 0 Å². The number of anilines is 1. The van der Waals surface area contributed by atoms with E-state index in [1.807, 2.05) is 6.20 Å². The molecule has 0 saturated carbocycles. The molecule has 0 amide bonds. The first-order chi connectivity index (χ1) is 10.2. The van der Waals surface area contributed by atoms with Gasteiger partial charge in [-0.1, -0.05) is 26.8 Å². The molecule has 1 aromatic heterocycles. The fourth-order valence-electron chi connectivity index (χ4n) is 2.65. The summed E-state index contributed by atoms with van der Waals surface area (Å²) in [7, 11) is 1.75. The Morgan fingerprint density at radius 3 is 2.43 bits per heavy atom. The number of nitrogens with one attached hydrogen (secondary N) is 1. The molecule has 0 spiro atoms. The van der Waals surface area contributed by atoms with Crippen molar-refractivity contribution in [3.8, 4) is 0 Å². The summed E-state index contributed by atoms with van der Waals surface area (Å²) < 4.78 is 5.25. The minimum absolute atomic E-state index is 0.345. The van der Waals surface area contributed by atoms with Gasteiger partial charge in [-0.05, 0) is 37.9 Å². The van der Waals surface area contributed by atoms with Gasteiger partial charge in [0.2, 0.25) is 0 Å². The molecule has 0 bridgehead atoms. The molecule has 4 heteroatoms. The summed E-state index contributed by atoms with van der Waals surface area (Å²) in [4.78, 5) is 7.05. The molecule has 0 aromatic carbocycles. The molecule has 21 heavy (non-hydrogen) atoms. The predicted molar refractivity (Wildman–Crippen MR) is 89.9 cm³/mol. The van der Waals surface area contributed by atoms with E-state index in [1.165, 1.54) is 5.56 Å². The number of aromatic nitrogens is 1. The highest BCUT2D eigenvalue weighted by Gasteiger charge is 2.17. The van der Waals surface area contributed by atoms with Crippen molar-refractivity contribution in [2.24, 2.45) is 0 Å². The lowest BCUT2D eigenvalue weighted by molar-refractivity contribution is 0.202. The first-order valence-corrected chi connectivity index (χ1v) is 8.12. The van der Waals surface area contributed by atoms with Gasteiger partial charge in [-0.2, -0.15) is 0 Å². The normalized spacial score (nSPS) is 12.7. The fraction of sp³-hybridized carbons (Fsp3) is 0.706. The maximum absolute atomic E-state index is 5.25. The average molecular weight is 293 g/mol. The van der Waals surface area contributed by atoms with Gasteiger partial charge in [-0.15, -0.1) is 0 Å². The van der Waals surface area contributed by atoms with E-state index < -0.39 is 0 Å². The van der Waals surface area contributed by atoms with Crippen LogP contribution in [0.3, 0.4) is 0 Å². The van der Waals surface area contributed by atoms with Crippen molar-refractivity contribution in [1.82, 2.24) is 10.3 Å². The van der Waals surface area contributed by atoms with Crippen molar-refractivity contribution in [2.45, 2.75) is 52.6 Å². The molecule has 0 aliphatic carbocycles. The minimum atomic E-state index is 0.345. The Balaban J connectivity index is 2.87. The van der Waals surface area contributed by atoms with Crippen LogP contribution in [0, 0.1) is 0 Å². The Hall–Kier alpha value is -1.13. The van der Waals surface area contributed by atoms with Crippen LogP contribution in [0.15, 0.2) is 18.3 Å². The second-order valence-electron chi connectivity index (χ2n) is 5.39. The number of hydrogen-bond acceptors (Lipinski definition) is 4. The summed E-state index contributed by atoms with van der Waals surface area (Å²) in [6, 6.07) is 5.18. The third-order valence-electron chi connectivity index (χ3n) is 3.99. The molecule has 1 unspecified atom stereocenters. The van der Waals surface area contributed by atoms with Gasteiger partial charge in [0.15, 0.2) is 0 Å². The Labute approximate surface area is 129 Å². The average Bonchev–Trinajstić information content (AvgIpc) is 2.52. The number of pyridine rings is 1. The molecule has 1 aromatic rings. The van der Waals surface area contributed by atoms with Crippen molar-refractivity contribution in [3.05, 3.63) is 23.9 Å². The van der Waals surface area contributed by atoms with Crippen LogP contribution < -0.4 is 10.2 Å². The van der Waals surface area contributed by atoms with E-state index in [9.17, 15) is 0 Å². The predicted octanol–water partition coefficient (Wildman–Crippen LogP) is 3.39. The Morgan fingerprint density at radius 2 is 1.95 bits per heavy atom. The quantitative estimate of drug-likeness (QED) is 0.717. The minimum Gasteiger partial charge on any atom is -0.383 e.